The van der Waals surface area contributed by atoms with Gasteiger partial charge < -0.3 is 14.4 Å². The molecule has 0 unspecified atom stereocenters. The van der Waals surface area contributed by atoms with Crippen molar-refractivity contribution in [3.05, 3.63) is 30.7 Å². The number of carbonyl (C=O) groups is 1. The van der Waals surface area contributed by atoms with Crippen LogP contribution in [0, 0.1) is 6.92 Å². The van der Waals surface area contributed by atoms with Gasteiger partial charge in [-0.1, -0.05) is 12.1 Å². The Bertz CT molecular complexity index is 525. The molecule has 22 heavy (non-hydrogen) atoms. The number of rotatable bonds is 4. The highest BCUT2D eigenvalue weighted by molar-refractivity contribution is 5.76. The third-order valence-corrected chi connectivity index (χ3v) is 4.28. The smallest absolute Gasteiger partial charge is 0.222 e. The van der Waals surface area contributed by atoms with Crippen molar-refractivity contribution in [2.75, 3.05) is 45.9 Å². The van der Waals surface area contributed by atoms with Gasteiger partial charge in [0.15, 0.2) is 11.5 Å². The average molecular weight is 303 g/mol. The molecular formula is C17H23N2O3. The molecular weight excluding hydrogens is 280 g/mol. The van der Waals surface area contributed by atoms with E-state index >= 15 is 0 Å². The first-order chi connectivity index (χ1) is 10.8. The van der Waals surface area contributed by atoms with Gasteiger partial charge in [-0.3, -0.25) is 9.69 Å². The lowest BCUT2D eigenvalue weighted by atomic mass is 10.1. The van der Waals surface area contributed by atoms with Crippen LogP contribution >= 0.6 is 0 Å². The summed E-state index contributed by atoms with van der Waals surface area (Å²) in [5.74, 6) is 1.91. The largest absolute Gasteiger partial charge is 0.486 e. The van der Waals surface area contributed by atoms with E-state index < -0.39 is 0 Å². The van der Waals surface area contributed by atoms with Crippen LogP contribution in [0.1, 0.15) is 12.0 Å². The van der Waals surface area contributed by atoms with E-state index in [1.165, 1.54) is 5.56 Å². The van der Waals surface area contributed by atoms with Crippen molar-refractivity contribution in [1.29, 1.82) is 0 Å². The zero-order chi connectivity index (χ0) is 15.4. The quantitative estimate of drug-likeness (QED) is 0.842. The molecule has 0 atom stereocenters. The molecule has 5 nitrogen and oxygen atoms in total. The zero-order valence-electron chi connectivity index (χ0n) is 12.9. The molecule has 1 amide bonds. The topological polar surface area (TPSA) is 42.0 Å². The molecule has 2 aliphatic rings. The first-order valence-electron chi connectivity index (χ1n) is 7.95. The van der Waals surface area contributed by atoms with Crippen LogP contribution in [-0.4, -0.2) is 61.6 Å². The molecule has 3 rings (SSSR count). The molecule has 1 fully saturated rings. The minimum Gasteiger partial charge on any atom is -0.486 e. The molecule has 1 saturated heterocycles. The summed E-state index contributed by atoms with van der Waals surface area (Å²) < 4.78 is 11.4. The van der Waals surface area contributed by atoms with E-state index in [1.54, 1.807) is 0 Å². The summed E-state index contributed by atoms with van der Waals surface area (Å²) in [6, 6.07) is 6.09. The van der Waals surface area contributed by atoms with Crippen LogP contribution in [-0.2, 0) is 11.2 Å². The van der Waals surface area contributed by atoms with E-state index in [-0.39, 0.29) is 5.91 Å². The Hall–Kier alpha value is -1.75. The predicted molar refractivity (Wildman–Crippen MR) is 84.1 cm³/mol. The predicted octanol–water partition coefficient (Wildman–Crippen LogP) is 1.37. The number of hydrogen-bond acceptors (Lipinski definition) is 4. The number of hydrogen-bond donors (Lipinski definition) is 0. The number of piperazine rings is 1. The molecule has 119 valence electrons. The maximum atomic E-state index is 11.6. The summed E-state index contributed by atoms with van der Waals surface area (Å²) in [5.41, 5.74) is 1.20. The lowest BCUT2D eigenvalue weighted by Crippen LogP contribution is -2.48. The molecule has 1 radical (unpaired) electrons. The first kappa shape index (κ1) is 15.2. The summed E-state index contributed by atoms with van der Waals surface area (Å²) in [6.07, 6.45) is 1.29. The van der Waals surface area contributed by atoms with E-state index in [0.29, 0.717) is 19.6 Å². The lowest BCUT2D eigenvalue weighted by Gasteiger charge is -2.34. The highest BCUT2D eigenvalue weighted by Gasteiger charge is 2.21. The van der Waals surface area contributed by atoms with Crippen LogP contribution in [0.4, 0.5) is 0 Å². The van der Waals surface area contributed by atoms with E-state index in [2.05, 4.69) is 17.9 Å². The summed E-state index contributed by atoms with van der Waals surface area (Å²) in [4.78, 5) is 15.9. The summed E-state index contributed by atoms with van der Waals surface area (Å²) >= 11 is 0. The monoisotopic (exact) mass is 303 g/mol. The Morgan fingerprint density at radius 3 is 2.68 bits per heavy atom. The minimum atomic E-state index is 0.155. The van der Waals surface area contributed by atoms with Crippen molar-refractivity contribution in [2.45, 2.75) is 12.8 Å². The number of benzene rings is 1. The minimum absolute atomic E-state index is 0.155. The molecule has 0 aliphatic carbocycles. The van der Waals surface area contributed by atoms with E-state index in [1.807, 2.05) is 17.0 Å². The van der Waals surface area contributed by atoms with Gasteiger partial charge in [0, 0.05) is 39.1 Å². The van der Waals surface area contributed by atoms with E-state index in [0.717, 1.165) is 50.6 Å². The average Bonchev–Trinajstić information content (AvgIpc) is 2.59. The maximum Gasteiger partial charge on any atom is 0.222 e. The first-order valence-corrected chi connectivity index (χ1v) is 7.95. The van der Waals surface area contributed by atoms with Crippen molar-refractivity contribution in [1.82, 2.24) is 9.80 Å². The Morgan fingerprint density at radius 2 is 1.91 bits per heavy atom. The van der Waals surface area contributed by atoms with E-state index in [4.69, 9.17) is 9.47 Å². The second-order valence-electron chi connectivity index (χ2n) is 5.66. The summed E-state index contributed by atoms with van der Waals surface area (Å²) in [5, 5.41) is 0. The van der Waals surface area contributed by atoms with Crippen molar-refractivity contribution in [2.24, 2.45) is 0 Å². The van der Waals surface area contributed by atoms with Crippen molar-refractivity contribution >= 4 is 5.91 Å². The van der Waals surface area contributed by atoms with Crippen molar-refractivity contribution < 1.29 is 14.3 Å². The number of amides is 1. The third-order valence-electron chi connectivity index (χ3n) is 4.28. The number of fused-ring (bicyclic) bond motifs is 1. The highest BCUT2D eigenvalue weighted by atomic mass is 16.6. The van der Waals surface area contributed by atoms with Gasteiger partial charge >= 0.3 is 0 Å². The standard InChI is InChI=1S/C17H23N2O3/c1-2-16(20)19-10-8-18(9-11-19)7-6-14-4-3-5-15-17(14)22-13-12-21-15/h3-5H,1-2,6-13H2. The molecule has 1 aromatic rings. The van der Waals surface area contributed by atoms with Crippen LogP contribution in [0.25, 0.3) is 0 Å². The van der Waals surface area contributed by atoms with Gasteiger partial charge in [-0.25, -0.2) is 0 Å². The Kier molecular flexibility index (Phi) is 4.83. The number of ether oxygens (including phenoxy) is 2. The molecule has 2 aliphatic heterocycles. The fourth-order valence-electron chi connectivity index (χ4n) is 2.99. The normalized spacial score (nSPS) is 18.3. The zero-order valence-corrected chi connectivity index (χ0v) is 12.9. The molecule has 0 spiro atoms. The Labute approximate surface area is 131 Å². The molecule has 0 bridgehead atoms. The number of carbonyl (C=O) groups excluding carboxylic acids is 1. The van der Waals surface area contributed by atoms with Crippen molar-refractivity contribution in [3.8, 4) is 11.5 Å². The molecule has 5 heteroatoms. The third kappa shape index (κ3) is 3.35. The van der Waals surface area contributed by atoms with Gasteiger partial charge in [0.25, 0.3) is 0 Å². The molecule has 0 aromatic heterocycles. The van der Waals surface area contributed by atoms with E-state index in [9.17, 15) is 4.79 Å². The molecule has 2 heterocycles. The second kappa shape index (κ2) is 7.01. The van der Waals surface area contributed by atoms with Crippen LogP contribution in [0.15, 0.2) is 18.2 Å². The highest BCUT2D eigenvalue weighted by Crippen LogP contribution is 2.33. The maximum absolute atomic E-state index is 11.6. The Morgan fingerprint density at radius 1 is 1.14 bits per heavy atom. The summed E-state index contributed by atoms with van der Waals surface area (Å²) in [7, 11) is 0. The fraction of sp³-hybridized carbons (Fsp3) is 0.529. The van der Waals surface area contributed by atoms with Crippen LogP contribution in [0.2, 0.25) is 0 Å². The van der Waals surface area contributed by atoms with Crippen LogP contribution < -0.4 is 9.47 Å². The lowest BCUT2D eigenvalue weighted by molar-refractivity contribution is -0.132. The van der Waals surface area contributed by atoms with Gasteiger partial charge in [-0.05, 0) is 25.0 Å². The van der Waals surface area contributed by atoms with Crippen molar-refractivity contribution in [3.63, 3.8) is 0 Å². The van der Waals surface area contributed by atoms with Gasteiger partial charge in [0.1, 0.15) is 13.2 Å². The SMILES string of the molecule is [CH2]CC(=O)N1CCN(CCc2cccc3c2OCCO3)CC1. The fourth-order valence-corrected chi connectivity index (χ4v) is 2.99. The molecule has 0 N–H and O–H groups in total. The Balaban J connectivity index is 1.53. The number of nitrogens with zero attached hydrogens (tertiary/aromatic N) is 2. The molecule has 1 aromatic carbocycles. The second-order valence-corrected chi connectivity index (χ2v) is 5.66. The van der Waals surface area contributed by atoms with Gasteiger partial charge in [-0.15, -0.1) is 0 Å². The van der Waals surface area contributed by atoms with Crippen LogP contribution in [0.3, 0.4) is 0 Å². The van der Waals surface area contributed by atoms with Crippen LogP contribution in [0.5, 0.6) is 11.5 Å². The van der Waals surface area contributed by atoms with Gasteiger partial charge in [0.2, 0.25) is 5.91 Å². The number of para-hydroxylation sites is 1. The summed E-state index contributed by atoms with van der Waals surface area (Å²) in [6.45, 7) is 9.36. The van der Waals surface area contributed by atoms with Gasteiger partial charge in [-0.2, -0.15) is 0 Å². The van der Waals surface area contributed by atoms with Gasteiger partial charge in [0.05, 0.1) is 0 Å². The molecule has 0 saturated carbocycles.